The highest BCUT2D eigenvalue weighted by atomic mass is 16.7. The maximum Gasteiger partial charge on any atom is 0.122 e. The van der Waals surface area contributed by atoms with Gasteiger partial charge in [0.05, 0.1) is 5.69 Å². The number of hydrogen-bond acceptors (Lipinski definition) is 3. The zero-order chi connectivity index (χ0) is 8.43. The topological polar surface area (TPSA) is 39.9 Å². The highest BCUT2D eigenvalue weighted by Gasteiger charge is 2.05. The molecule has 4 nitrogen and oxygen atoms in total. The Kier molecular flexibility index (Phi) is 2.12. The minimum absolute atomic E-state index is 0.134. The van der Waals surface area contributed by atoms with Gasteiger partial charge in [-0.15, -0.1) is 5.10 Å². The molecule has 0 bridgehead atoms. The predicted molar refractivity (Wildman–Crippen MR) is 41.2 cm³/mol. The summed E-state index contributed by atoms with van der Waals surface area (Å²) in [6.45, 7) is 7.74. The third-order valence-corrected chi connectivity index (χ3v) is 1.40. The second-order valence-electron chi connectivity index (χ2n) is 2.79. The standard InChI is InChI=1S/C7H13N3O/c1-5(2)11-10-7(4)6(3)8-9-10/h5H,1-4H3. The van der Waals surface area contributed by atoms with Gasteiger partial charge in [-0.2, -0.15) is 0 Å². The Morgan fingerprint density at radius 2 is 2.00 bits per heavy atom. The first kappa shape index (κ1) is 8.04. The summed E-state index contributed by atoms with van der Waals surface area (Å²) >= 11 is 0. The zero-order valence-electron chi connectivity index (χ0n) is 7.33. The highest BCUT2D eigenvalue weighted by Crippen LogP contribution is 1.99. The van der Waals surface area contributed by atoms with E-state index in [1.807, 2.05) is 27.7 Å². The van der Waals surface area contributed by atoms with Gasteiger partial charge < -0.3 is 4.84 Å². The summed E-state index contributed by atoms with van der Waals surface area (Å²) in [5.41, 5.74) is 1.87. The van der Waals surface area contributed by atoms with E-state index in [1.165, 1.54) is 4.85 Å². The van der Waals surface area contributed by atoms with Crippen LogP contribution in [-0.2, 0) is 0 Å². The summed E-state index contributed by atoms with van der Waals surface area (Å²) in [6, 6.07) is 0. The highest BCUT2D eigenvalue weighted by molar-refractivity contribution is 5.03. The van der Waals surface area contributed by atoms with Crippen LogP contribution in [0.4, 0.5) is 0 Å². The summed E-state index contributed by atoms with van der Waals surface area (Å²) < 4.78 is 0. The molecule has 0 radical (unpaired) electrons. The van der Waals surface area contributed by atoms with E-state index in [-0.39, 0.29) is 6.10 Å². The minimum Gasteiger partial charge on any atom is -0.393 e. The maximum atomic E-state index is 5.31. The first-order valence-corrected chi connectivity index (χ1v) is 3.67. The van der Waals surface area contributed by atoms with Crippen molar-refractivity contribution in [3.05, 3.63) is 11.4 Å². The molecule has 0 atom stereocenters. The van der Waals surface area contributed by atoms with Gasteiger partial charge >= 0.3 is 0 Å². The van der Waals surface area contributed by atoms with Crippen LogP contribution >= 0.6 is 0 Å². The molecule has 11 heavy (non-hydrogen) atoms. The van der Waals surface area contributed by atoms with Crippen LogP contribution in [0.2, 0.25) is 0 Å². The van der Waals surface area contributed by atoms with Crippen molar-refractivity contribution in [1.29, 1.82) is 0 Å². The van der Waals surface area contributed by atoms with E-state index in [0.29, 0.717) is 0 Å². The Hall–Kier alpha value is -1.06. The molecule has 1 heterocycles. The van der Waals surface area contributed by atoms with Gasteiger partial charge in [0, 0.05) is 0 Å². The van der Waals surface area contributed by atoms with Crippen molar-refractivity contribution < 1.29 is 4.84 Å². The normalized spacial score (nSPS) is 10.6. The Labute approximate surface area is 66.1 Å². The van der Waals surface area contributed by atoms with Gasteiger partial charge in [-0.05, 0) is 32.9 Å². The van der Waals surface area contributed by atoms with Crippen molar-refractivity contribution in [3.63, 3.8) is 0 Å². The van der Waals surface area contributed by atoms with Crippen molar-refractivity contribution in [2.75, 3.05) is 0 Å². The third kappa shape index (κ3) is 1.69. The summed E-state index contributed by atoms with van der Waals surface area (Å²) in [4.78, 5) is 6.77. The Morgan fingerprint density at radius 1 is 1.36 bits per heavy atom. The summed E-state index contributed by atoms with van der Waals surface area (Å²) in [5, 5.41) is 7.66. The summed E-state index contributed by atoms with van der Waals surface area (Å²) in [6.07, 6.45) is 0.134. The van der Waals surface area contributed by atoms with Crippen LogP contribution in [0.3, 0.4) is 0 Å². The second-order valence-corrected chi connectivity index (χ2v) is 2.79. The molecule has 0 N–H and O–H groups in total. The molecule has 1 aromatic heterocycles. The lowest BCUT2D eigenvalue weighted by Crippen LogP contribution is -2.21. The number of hydrogen-bond donors (Lipinski definition) is 0. The minimum atomic E-state index is 0.134. The SMILES string of the molecule is Cc1nnn(OC(C)C)c1C. The Morgan fingerprint density at radius 3 is 2.36 bits per heavy atom. The van der Waals surface area contributed by atoms with E-state index in [1.54, 1.807) is 0 Å². The fraction of sp³-hybridized carbons (Fsp3) is 0.714. The van der Waals surface area contributed by atoms with E-state index < -0.39 is 0 Å². The number of aromatic nitrogens is 3. The molecular formula is C7H13N3O. The first-order chi connectivity index (χ1) is 5.11. The van der Waals surface area contributed by atoms with Crippen molar-refractivity contribution in [2.45, 2.75) is 33.8 Å². The first-order valence-electron chi connectivity index (χ1n) is 3.67. The molecule has 0 fully saturated rings. The van der Waals surface area contributed by atoms with Gasteiger partial charge in [0.1, 0.15) is 11.8 Å². The molecule has 0 aliphatic heterocycles. The molecule has 0 unspecified atom stereocenters. The monoisotopic (exact) mass is 155 g/mol. The van der Waals surface area contributed by atoms with Gasteiger partial charge in [0.25, 0.3) is 0 Å². The van der Waals surface area contributed by atoms with Crippen LogP contribution in [0.25, 0.3) is 0 Å². The van der Waals surface area contributed by atoms with E-state index in [4.69, 9.17) is 4.84 Å². The molecule has 62 valence electrons. The predicted octanol–water partition coefficient (Wildman–Crippen LogP) is 0.732. The van der Waals surface area contributed by atoms with Gasteiger partial charge in [0.2, 0.25) is 0 Å². The molecule has 0 saturated carbocycles. The lowest BCUT2D eigenvalue weighted by molar-refractivity contribution is 0.0290. The van der Waals surface area contributed by atoms with Gasteiger partial charge in [-0.3, -0.25) is 0 Å². The Bertz CT molecular complexity index is 242. The van der Waals surface area contributed by atoms with Crippen molar-refractivity contribution >= 4 is 0 Å². The number of nitrogens with zero attached hydrogens (tertiary/aromatic N) is 3. The van der Waals surface area contributed by atoms with Gasteiger partial charge in [-0.25, -0.2) is 0 Å². The molecule has 0 spiro atoms. The average Bonchev–Trinajstić information content (AvgIpc) is 2.18. The molecule has 1 aromatic rings. The van der Waals surface area contributed by atoms with Gasteiger partial charge in [0.15, 0.2) is 0 Å². The Balaban J connectivity index is 2.79. The average molecular weight is 155 g/mol. The van der Waals surface area contributed by atoms with Crippen LogP contribution in [-0.4, -0.2) is 21.3 Å². The quantitative estimate of drug-likeness (QED) is 0.632. The van der Waals surface area contributed by atoms with Crippen molar-refractivity contribution in [1.82, 2.24) is 15.2 Å². The molecule has 0 saturated heterocycles. The van der Waals surface area contributed by atoms with Crippen LogP contribution in [0.1, 0.15) is 25.2 Å². The molecule has 4 heteroatoms. The second kappa shape index (κ2) is 2.90. The molecule has 1 rings (SSSR count). The smallest absolute Gasteiger partial charge is 0.122 e. The van der Waals surface area contributed by atoms with E-state index in [2.05, 4.69) is 10.3 Å². The van der Waals surface area contributed by atoms with Crippen molar-refractivity contribution in [2.24, 2.45) is 0 Å². The molecule has 0 aromatic carbocycles. The lowest BCUT2D eigenvalue weighted by atomic mass is 10.4. The van der Waals surface area contributed by atoms with Crippen LogP contribution in [0.15, 0.2) is 0 Å². The van der Waals surface area contributed by atoms with Crippen LogP contribution in [0, 0.1) is 13.8 Å². The maximum absolute atomic E-state index is 5.31. The largest absolute Gasteiger partial charge is 0.393 e. The van der Waals surface area contributed by atoms with Crippen LogP contribution in [0.5, 0.6) is 0 Å². The van der Waals surface area contributed by atoms with E-state index in [9.17, 15) is 0 Å². The molecule has 0 aliphatic carbocycles. The summed E-state index contributed by atoms with van der Waals surface area (Å²) in [5.74, 6) is 0. The van der Waals surface area contributed by atoms with E-state index in [0.717, 1.165) is 11.4 Å². The third-order valence-electron chi connectivity index (χ3n) is 1.40. The molecular weight excluding hydrogens is 142 g/mol. The van der Waals surface area contributed by atoms with E-state index >= 15 is 0 Å². The fourth-order valence-corrected chi connectivity index (χ4v) is 0.685. The molecule has 0 amide bonds. The fourth-order valence-electron chi connectivity index (χ4n) is 0.685. The zero-order valence-corrected chi connectivity index (χ0v) is 7.33. The number of rotatable bonds is 2. The summed E-state index contributed by atoms with van der Waals surface area (Å²) in [7, 11) is 0. The lowest BCUT2D eigenvalue weighted by Gasteiger charge is -2.08. The van der Waals surface area contributed by atoms with Crippen LogP contribution < -0.4 is 4.84 Å². The number of aryl methyl sites for hydroxylation is 1. The van der Waals surface area contributed by atoms with Crippen molar-refractivity contribution in [3.8, 4) is 0 Å². The molecule has 0 aliphatic rings. The van der Waals surface area contributed by atoms with Gasteiger partial charge in [-0.1, -0.05) is 4.85 Å².